The lowest BCUT2D eigenvalue weighted by atomic mass is 10.1. The lowest BCUT2D eigenvalue weighted by molar-refractivity contribution is 0.529. The Balaban J connectivity index is 1.84. The molecule has 0 fully saturated rings. The Morgan fingerprint density at radius 2 is 2.06 bits per heavy atom. The quantitative estimate of drug-likeness (QED) is 0.806. The summed E-state index contributed by atoms with van der Waals surface area (Å²) in [6.45, 7) is 1.57. The van der Waals surface area contributed by atoms with Crippen molar-refractivity contribution < 1.29 is 0 Å². The summed E-state index contributed by atoms with van der Waals surface area (Å²) in [7, 11) is 1.89. The summed E-state index contributed by atoms with van der Waals surface area (Å²) in [4.78, 5) is 0. The Hall–Kier alpha value is -1.75. The number of aromatic nitrogens is 4. The third-order valence-electron chi connectivity index (χ3n) is 2.62. The van der Waals surface area contributed by atoms with E-state index in [1.54, 1.807) is 0 Å². The molecule has 0 spiro atoms. The van der Waals surface area contributed by atoms with Crippen LogP contribution in [0.25, 0.3) is 0 Å². The van der Waals surface area contributed by atoms with Crippen molar-refractivity contribution in [1.82, 2.24) is 25.5 Å². The first-order valence-corrected chi connectivity index (χ1v) is 5.83. The van der Waals surface area contributed by atoms with E-state index in [4.69, 9.17) is 0 Å². The van der Waals surface area contributed by atoms with Crippen LogP contribution in [0.2, 0.25) is 0 Å². The fourth-order valence-electron chi connectivity index (χ4n) is 1.76. The first-order chi connectivity index (χ1) is 8.40. The molecule has 17 heavy (non-hydrogen) atoms. The van der Waals surface area contributed by atoms with Gasteiger partial charge in [-0.05, 0) is 35.9 Å². The number of nitrogens with zero attached hydrogens (tertiary/aromatic N) is 4. The van der Waals surface area contributed by atoms with Gasteiger partial charge >= 0.3 is 0 Å². The molecule has 1 N–H and O–H groups in total. The molecule has 0 aliphatic rings. The number of aryl methyl sites for hydroxylation is 2. The van der Waals surface area contributed by atoms with Gasteiger partial charge in [0.05, 0.1) is 6.54 Å². The minimum absolute atomic E-state index is 0.707. The SMILES string of the molecule is CNCc1nnnn1CCCc1ccccc1. The Morgan fingerprint density at radius 3 is 2.82 bits per heavy atom. The van der Waals surface area contributed by atoms with Gasteiger partial charge in [-0.1, -0.05) is 30.3 Å². The molecule has 0 saturated carbocycles. The predicted molar refractivity (Wildman–Crippen MR) is 65.3 cm³/mol. The van der Waals surface area contributed by atoms with Gasteiger partial charge in [0, 0.05) is 6.54 Å². The van der Waals surface area contributed by atoms with Gasteiger partial charge in [0.1, 0.15) is 0 Å². The fourth-order valence-corrected chi connectivity index (χ4v) is 1.76. The van der Waals surface area contributed by atoms with Crippen LogP contribution in [0.15, 0.2) is 30.3 Å². The van der Waals surface area contributed by atoms with E-state index in [-0.39, 0.29) is 0 Å². The molecule has 0 aliphatic carbocycles. The summed E-state index contributed by atoms with van der Waals surface area (Å²) in [5, 5.41) is 14.7. The second-order valence-electron chi connectivity index (χ2n) is 3.94. The highest BCUT2D eigenvalue weighted by Crippen LogP contribution is 2.04. The minimum atomic E-state index is 0.707. The van der Waals surface area contributed by atoms with Crippen LogP contribution in [0.4, 0.5) is 0 Å². The third kappa shape index (κ3) is 3.35. The maximum Gasteiger partial charge on any atom is 0.165 e. The van der Waals surface area contributed by atoms with Crippen LogP contribution in [0, 0.1) is 0 Å². The molecule has 1 aromatic heterocycles. The van der Waals surface area contributed by atoms with Gasteiger partial charge in [-0.15, -0.1) is 5.10 Å². The molecular weight excluding hydrogens is 214 g/mol. The van der Waals surface area contributed by atoms with Crippen molar-refractivity contribution >= 4 is 0 Å². The van der Waals surface area contributed by atoms with E-state index in [2.05, 4.69) is 45.1 Å². The second kappa shape index (κ2) is 6.10. The van der Waals surface area contributed by atoms with Crippen molar-refractivity contribution in [2.45, 2.75) is 25.9 Å². The van der Waals surface area contributed by atoms with Gasteiger partial charge in [0.15, 0.2) is 5.82 Å². The van der Waals surface area contributed by atoms with Crippen molar-refractivity contribution in [2.75, 3.05) is 7.05 Å². The van der Waals surface area contributed by atoms with Gasteiger partial charge in [0.2, 0.25) is 0 Å². The predicted octanol–water partition coefficient (Wildman–Crippen LogP) is 1.03. The molecule has 90 valence electrons. The van der Waals surface area contributed by atoms with Crippen molar-refractivity contribution in [1.29, 1.82) is 0 Å². The Bertz CT molecular complexity index is 437. The number of rotatable bonds is 6. The van der Waals surface area contributed by atoms with Crippen molar-refractivity contribution in [3.05, 3.63) is 41.7 Å². The third-order valence-corrected chi connectivity index (χ3v) is 2.62. The molecule has 1 aromatic carbocycles. The highest BCUT2D eigenvalue weighted by Gasteiger charge is 2.03. The molecule has 2 aromatic rings. The average Bonchev–Trinajstić information content (AvgIpc) is 2.79. The van der Waals surface area contributed by atoms with E-state index in [0.717, 1.165) is 25.2 Å². The minimum Gasteiger partial charge on any atom is -0.313 e. The topological polar surface area (TPSA) is 55.6 Å². The standard InChI is InChI=1S/C12H17N5/c1-13-10-12-14-15-16-17(12)9-5-8-11-6-3-2-4-7-11/h2-4,6-7,13H,5,8-10H2,1H3. The Labute approximate surface area is 101 Å². The Morgan fingerprint density at radius 1 is 1.24 bits per heavy atom. The first-order valence-electron chi connectivity index (χ1n) is 5.83. The van der Waals surface area contributed by atoms with Crippen LogP contribution >= 0.6 is 0 Å². The van der Waals surface area contributed by atoms with Crippen LogP contribution in [-0.4, -0.2) is 27.3 Å². The maximum atomic E-state index is 3.98. The zero-order chi connectivity index (χ0) is 11.9. The number of tetrazole rings is 1. The molecule has 0 amide bonds. The van der Waals surface area contributed by atoms with Gasteiger partial charge in [-0.25, -0.2) is 4.68 Å². The van der Waals surface area contributed by atoms with Crippen LogP contribution in [0.1, 0.15) is 17.8 Å². The monoisotopic (exact) mass is 231 g/mol. The summed E-state index contributed by atoms with van der Waals surface area (Å²) in [5.41, 5.74) is 1.36. The lowest BCUT2D eigenvalue weighted by Crippen LogP contribution is -2.13. The normalized spacial score (nSPS) is 10.6. The molecule has 0 unspecified atom stereocenters. The molecule has 1 heterocycles. The fraction of sp³-hybridized carbons (Fsp3) is 0.417. The molecular formula is C12H17N5. The zero-order valence-corrected chi connectivity index (χ0v) is 10.0. The van der Waals surface area contributed by atoms with E-state index in [0.29, 0.717) is 6.54 Å². The molecule has 0 bridgehead atoms. The molecule has 5 heteroatoms. The van der Waals surface area contributed by atoms with E-state index in [9.17, 15) is 0 Å². The zero-order valence-electron chi connectivity index (χ0n) is 10.0. The molecule has 0 radical (unpaired) electrons. The summed E-state index contributed by atoms with van der Waals surface area (Å²) in [6.07, 6.45) is 2.10. The van der Waals surface area contributed by atoms with Crippen LogP contribution in [-0.2, 0) is 19.5 Å². The number of hydrogen-bond acceptors (Lipinski definition) is 4. The summed E-state index contributed by atoms with van der Waals surface area (Å²) in [6, 6.07) is 10.5. The van der Waals surface area contributed by atoms with E-state index in [1.807, 2.05) is 17.8 Å². The molecule has 2 rings (SSSR count). The van der Waals surface area contributed by atoms with Gasteiger partial charge in [0.25, 0.3) is 0 Å². The number of benzene rings is 1. The molecule has 5 nitrogen and oxygen atoms in total. The average molecular weight is 231 g/mol. The number of nitrogens with one attached hydrogen (secondary N) is 1. The number of hydrogen-bond donors (Lipinski definition) is 1. The van der Waals surface area contributed by atoms with E-state index < -0.39 is 0 Å². The van der Waals surface area contributed by atoms with Crippen molar-refractivity contribution in [3.63, 3.8) is 0 Å². The largest absolute Gasteiger partial charge is 0.313 e. The molecule has 0 aliphatic heterocycles. The highest BCUT2D eigenvalue weighted by molar-refractivity contribution is 5.14. The molecule has 0 atom stereocenters. The van der Waals surface area contributed by atoms with E-state index in [1.165, 1.54) is 5.56 Å². The Kier molecular flexibility index (Phi) is 4.21. The van der Waals surface area contributed by atoms with Crippen molar-refractivity contribution in [2.24, 2.45) is 0 Å². The lowest BCUT2D eigenvalue weighted by Gasteiger charge is -2.04. The van der Waals surface area contributed by atoms with Crippen LogP contribution in [0.5, 0.6) is 0 Å². The van der Waals surface area contributed by atoms with E-state index >= 15 is 0 Å². The summed E-state index contributed by atoms with van der Waals surface area (Å²) in [5.74, 6) is 0.889. The summed E-state index contributed by atoms with van der Waals surface area (Å²) < 4.78 is 1.86. The summed E-state index contributed by atoms with van der Waals surface area (Å²) >= 11 is 0. The van der Waals surface area contributed by atoms with Gasteiger partial charge in [-0.2, -0.15) is 0 Å². The smallest absolute Gasteiger partial charge is 0.165 e. The first kappa shape index (κ1) is 11.7. The second-order valence-corrected chi connectivity index (χ2v) is 3.94. The van der Waals surface area contributed by atoms with Gasteiger partial charge in [-0.3, -0.25) is 0 Å². The maximum absolute atomic E-state index is 3.98. The van der Waals surface area contributed by atoms with Crippen molar-refractivity contribution in [3.8, 4) is 0 Å². The van der Waals surface area contributed by atoms with Crippen LogP contribution < -0.4 is 5.32 Å². The molecule has 0 saturated heterocycles. The van der Waals surface area contributed by atoms with Crippen LogP contribution in [0.3, 0.4) is 0 Å². The van der Waals surface area contributed by atoms with Gasteiger partial charge < -0.3 is 5.32 Å². The highest BCUT2D eigenvalue weighted by atomic mass is 15.5.